The quantitative estimate of drug-likeness (QED) is 0.0303. The number of nitrogen functional groups attached to an aromatic ring is 1. The fourth-order valence-electron chi connectivity index (χ4n) is 4.81. The monoisotopic (exact) mass is 809 g/mol. The second-order valence-electron chi connectivity index (χ2n) is 11.5. The molecule has 0 saturated carbocycles. The largest absolute Gasteiger partial charge is 0.490 e. The number of benzene rings is 1. The number of ether oxygens (including phenoxy) is 2. The smallest absolute Gasteiger partial charge is 0.369 e. The van der Waals surface area contributed by atoms with Gasteiger partial charge in [-0.15, -0.1) is 20.4 Å². The van der Waals surface area contributed by atoms with Crippen LogP contribution in [0.15, 0.2) is 35.4 Å². The highest BCUT2D eigenvalue weighted by atomic mass is 33.1. The summed E-state index contributed by atoms with van der Waals surface area (Å²) in [4.78, 5) is 59.9. The fourth-order valence-corrected chi connectivity index (χ4v) is 10.1. The third-order valence-corrected chi connectivity index (χ3v) is 13.5. The molecule has 0 amide bonds. The van der Waals surface area contributed by atoms with E-state index in [2.05, 4.69) is 57.8 Å². The number of hydrogen-bond acceptors (Lipinski definition) is 18. The van der Waals surface area contributed by atoms with Gasteiger partial charge in [-0.3, -0.25) is 18.9 Å². The summed E-state index contributed by atoms with van der Waals surface area (Å²) >= 11 is 0. The summed E-state index contributed by atoms with van der Waals surface area (Å²) in [5.41, 5.74) is 7.02. The molecular formula is C23H31BN9O13P3S2. The minimum absolute atomic E-state index is 0.0247. The number of imidazole rings is 1. The Kier molecular flexibility index (Phi) is 12.3. The standard InChI is InChI=1S/C23H31BN9O13P3S2/c1-12-29-31-19(32-30-12)13-4-6-14(7-5-13)24-23(2,3)51-50-11-42-15-8-17(33-10-26-18-20(33)27-22(25)28-21(18)34)44-16(15)9-43-48(38,39)46-49(40,41)45-47(35,36)37/h4-7,10,15-17,24H,8-9,11H2,1-3H3,(H,38,39)(H,40,41)(H2,35,36,37)(H3,25,27,28,34)/t15-,16?,17-/m1/s1. The average molecular weight is 809 g/mol. The van der Waals surface area contributed by atoms with Gasteiger partial charge in [-0.2, -0.15) is 13.6 Å². The molecule has 1 aliphatic heterocycles. The summed E-state index contributed by atoms with van der Waals surface area (Å²) in [6, 6.07) is 7.72. The molecule has 22 nitrogen and oxygen atoms in total. The van der Waals surface area contributed by atoms with Gasteiger partial charge < -0.3 is 34.8 Å². The van der Waals surface area contributed by atoms with Gasteiger partial charge in [0.1, 0.15) is 18.3 Å². The molecule has 4 aromatic rings. The normalized spacial score (nSPS) is 20.6. The molecule has 276 valence electrons. The van der Waals surface area contributed by atoms with Crippen LogP contribution in [-0.2, 0) is 36.3 Å². The van der Waals surface area contributed by atoms with Crippen LogP contribution in [0.1, 0.15) is 32.3 Å². The Hall–Kier alpha value is -2.60. The Bertz CT molecular complexity index is 2060. The van der Waals surface area contributed by atoms with E-state index in [1.807, 2.05) is 24.3 Å². The highest BCUT2D eigenvalue weighted by Gasteiger charge is 2.44. The maximum absolute atomic E-state index is 12.4. The van der Waals surface area contributed by atoms with Crippen LogP contribution in [0.4, 0.5) is 5.95 Å². The van der Waals surface area contributed by atoms with Crippen LogP contribution in [0, 0.1) is 6.92 Å². The van der Waals surface area contributed by atoms with Gasteiger partial charge in [0.2, 0.25) is 11.8 Å². The number of nitrogens with two attached hydrogens (primary N) is 1. The van der Waals surface area contributed by atoms with Gasteiger partial charge in [-0.25, -0.2) is 18.7 Å². The van der Waals surface area contributed by atoms with Crippen LogP contribution in [-0.4, -0.2) is 96.2 Å². The number of aromatic nitrogens is 8. The molecule has 4 heterocycles. The number of anilines is 1. The number of aromatic amines is 1. The van der Waals surface area contributed by atoms with E-state index in [1.165, 1.54) is 21.7 Å². The number of fused-ring (bicyclic) bond motifs is 1. The van der Waals surface area contributed by atoms with Crippen LogP contribution in [0.2, 0.25) is 0 Å². The van der Waals surface area contributed by atoms with E-state index in [4.69, 9.17) is 29.5 Å². The minimum atomic E-state index is -5.74. The Morgan fingerprint density at radius 3 is 2.43 bits per heavy atom. The molecule has 0 aliphatic carbocycles. The van der Waals surface area contributed by atoms with Gasteiger partial charge in [0.05, 0.1) is 19.0 Å². The summed E-state index contributed by atoms with van der Waals surface area (Å²) in [7, 11) is -13.1. The van der Waals surface area contributed by atoms with Crippen LogP contribution in [0.3, 0.4) is 0 Å². The van der Waals surface area contributed by atoms with Crippen molar-refractivity contribution < 1.29 is 55.9 Å². The van der Waals surface area contributed by atoms with E-state index in [1.54, 1.807) is 17.7 Å². The molecule has 0 radical (unpaired) electrons. The second kappa shape index (κ2) is 15.8. The Labute approximate surface area is 296 Å². The molecule has 5 atom stereocenters. The Morgan fingerprint density at radius 2 is 1.76 bits per heavy atom. The van der Waals surface area contributed by atoms with E-state index in [0.29, 0.717) is 18.9 Å². The molecule has 5 rings (SSSR count). The highest BCUT2D eigenvalue weighted by Crippen LogP contribution is 2.66. The maximum atomic E-state index is 12.4. The van der Waals surface area contributed by atoms with Gasteiger partial charge in [-0.05, 0) is 11.6 Å². The summed E-state index contributed by atoms with van der Waals surface area (Å²) in [6.07, 6.45) is -1.44. The van der Waals surface area contributed by atoms with Gasteiger partial charge in [0, 0.05) is 12.0 Å². The number of rotatable bonds is 16. The van der Waals surface area contributed by atoms with Crippen molar-refractivity contribution in [1.29, 1.82) is 0 Å². The number of hydrogen-bond donors (Lipinski definition) is 6. The van der Waals surface area contributed by atoms with E-state index < -0.39 is 54.1 Å². The van der Waals surface area contributed by atoms with Crippen LogP contribution in [0.5, 0.6) is 0 Å². The van der Waals surface area contributed by atoms with Crippen molar-refractivity contribution >= 4 is 74.9 Å². The molecule has 1 aromatic carbocycles. The van der Waals surface area contributed by atoms with Crippen molar-refractivity contribution in [3.05, 3.63) is 46.8 Å². The molecule has 1 aliphatic rings. The van der Waals surface area contributed by atoms with Crippen molar-refractivity contribution in [3.8, 4) is 11.4 Å². The predicted molar refractivity (Wildman–Crippen MR) is 184 cm³/mol. The van der Waals surface area contributed by atoms with Gasteiger partial charge >= 0.3 is 23.5 Å². The topological polar surface area (TPSA) is 319 Å². The molecule has 0 spiro atoms. The van der Waals surface area contributed by atoms with E-state index in [9.17, 15) is 28.3 Å². The van der Waals surface area contributed by atoms with Crippen molar-refractivity contribution in [2.45, 2.75) is 50.3 Å². The molecule has 51 heavy (non-hydrogen) atoms. The third-order valence-electron chi connectivity index (χ3n) is 6.79. The zero-order valence-corrected chi connectivity index (χ0v) is 31.1. The Morgan fingerprint density at radius 1 is 1.08 bits per heavy atom. The first kappa shape index (κ1) is 39.6. The number of nitrogens with zero attached hydrogens (tertiary/aromatic N) is 7. The van der Waals surface area contributed by atoms with E-state index in [-0.39, 0.29) is 34.1 Å². The van der Waals surface area contributed by atoms with E-state index >= 15 is 0 Å². The van der Waals surface area contributed by atoms with Gasteiger partial charge in [0.15, 0.2) is 24.3 Å². The van der Waals surface area contributed by atoms with Crippen LogP contribution < -0.4 is 16.8 Å². The molecular weight excluding hydrogens is 778 g/mol. The second-order valence-corrected chi connectivity index (χ2v) is 18.8. The Balaban J connectivity index is 1.22. The summed E-state index contributed by atoms with van der Waals surface area (Å²) in [6.45, 7) is 5.06. The zero-order chi connectivity index (χ0) is 37.2. The summed E-state index contributed by atoms with van der Waals surface area (Å²) < 4.78 is 60.8. The fraction of sp³-hybridized carbons (Fsp3) is 0.435. The lowest BCUT2D eigenvalue weighted by molar-refractivity contribution is -0.0522. The predicted octanol–water partition coefficient (Wildman–Crippen LogP) is 1.11. The van der Waals surface area contributed by atoms with Crippen molar-refractivity contribution in [1.82, 2.24) is 39.9 Å². The number of nitrogens with one attached hydrogen (secondary N) is 1. The molecule has 3 aromatic heterocycles. The SMILES string of the molecule is Cc1nnc(-c2ccc(BC(C)(C)SSCO[C@@H]3C[C@H](n4cnc5c(=O)[nH]c(N)nc54)OC3COP(=O)(O)OP(=O)(O)OP(=O)(O)O)cc2)nn1. The van der Waals surface area contributed by atoms with Crippen LogP contribution in [0.25, 0.3) is 22.6 Å². The van der Waals surface area contributed by atoms with Crippen molar-refractivity contribution in [3.63, 3.8) is 0 Å². The molecule has 7 N–H and O–H groups in total. The molecule has 1 fully saturated rings. The number of phosphoric acid groups is 3. The molecule has 3 unspecified atom stereocenters. The summed E-state index contributed by atoms with van der Waals surface area (Å²) in [5.74, 6) is 0.829. The molecule has 0 bridgehead atoms. The molecule has 28 heteroatoms. The highest BCUT2D eigenvalue weighted by molar-refractivity contribution is 8.77. The average Bonchev–Trinajstić information content (AvgIpc) is 3.61. The van der Waals surface area contributed by atoms with E-state index in [0.717, 1.165) is 11.0 Å². The van der Waals surface area contributed by atoms with Gasteiger partial charge in [0.25, 0.3) is 5.56 Å². The zero-order valence-electron chi connectivity index (χ0n) is 26.8. The summed E-state index contributed by atoms with van der Waals surface area (Å²) in [5, 5.41) is 16.0. The lowest BCUT2D eigenvalue weighted by Crippen LogP contribution is -2.33. The number of H-pyrrole nitrogens is 1. The van der Waals surface area contributed by atoms with Crippen molar-refractivity contribution in [2.24, 2.45) is 0 Å². The number of phosphoric ester groups is 1. The minimum Gasteiger partial charge on any atom is -0.369 e. The lowest BCUT2D eigenvalue weighted by Gasteiger charge is -2.24. The van der Waals surface area contributed by atoms with Crippen LogP contribution >= 0.6 is 45.1 Å². The maximum Gasteiger partial charge on any atom is 0.490 e. The number of aryl methyl sites for hydroxylation is 1. The first-order valence-corrected chi connectivity index (χ1v) is 21.3. The third kappa shape index (κ3) is 11.2. The molecule has 1 saturated heterocycles. The first-order valence-electron chi connectivity index (χ1n) is 14.5. The lowest BCUT2D eigenvalue weighted by atomic mass is 9.60. The van der Waals surface area contributed by atoms with Gasteiger partial charge in [-0.1, -0.05) is 65.2 Å². The van der Waals surface area contributed by atoms with Crippen molar-refractivity contribution in [2.75, 3.05) is 18.3 Å². The first-order chi connectivity index (χ1) is 23.8.